The average molecular weight is 1260 g/mol. The first-order chi connectivity index (χ1) is 39.1. The Balaban J connectivity index is 0.00000230. The first kappa shape index (κ1) is 66.7. The van der Waals surface area contributed by atoms with Crippen LogP contribution < -0.4 is 5.32 Å². The number of hydrogen-bond donors (Lipinski definition) is 1. The van der Waals surface area contributed by atoms with Gasteiger partial charge < -0.3 is 24.3 Å². The van der Waals surface area contributed by atoms with E-state index in [0.29, 0.717) is 81.0 Å². The molecule has 1 N–H and O–H groups in total. The van der Waals surface area contributed by atoms with Crippen molar-refractivity contribution in [2.45, 2.75) is 105 Å². The van der Waals surface area contributed by atoms with Gasteiger partial charge in [0.05, 0.1) is 68.6 Å². The highest BCUT2D eigenvalue weighted by atomic mass is 79.9. The Labute approximate surface area is 488 Å². The minimum absolute atomic E-state index is 0.0198. The van der Waals surface area contributed by atoms with Crippen LogP contribution in [0.25, 0.3) is 11.1 Å². The summed E-state index contributed by atoms with van der Waals surface area (Å²) in [5.41, 5.74) is 4.86. The van der Waals surface area contributed by atoms with Gasteiger partial charge in [0.1, 0.15) is 5.69 Å². The summed E-state index contributed by atoms with van der Waals surface area (Å²) in [6.45, 7) is 12.9. The molecule has 3 heterocycles. The summed E-state index contributed by atoms with van der Waals surface area (Å²) < 4.78 is 63.3. The van der Waals surface area contributed by atoms with Gasteiger partial charge in [0, 0.05) is 63.0 Å². The highest BCUT2D eigenvalue weighted by Gasteiger charge is 2.48. The second-order valence-corrected chi connectivity index (χ2v) is 19.8. The summed E-state index contributed by atoms with van der Waals surface area (Å²) in [6.07, 6.45) is -3.99. The fraction of sp³-hybridized carbons (Fsp3) is 0.379. The standard InChI is InChI=1S/C56H59Br2F3N6O9.2CO2/c1-7-19-66(31-44-25-38(58)26-49(64-44)53(71)76-12-6)30-41-20-36(21-42(63-41)32-67(34-52(70)75-11-5)33-43-24-37(57)23-39(8-2)62-43)14-13-35-15-17-45-46-18-16-40(65-54(72)56(59,60)61)27-48(46)55(47(45)22-35,28-50(68)73-9-3)29-51(69)74-10-4;2*2-1-3/h15-18,20-27H,7-12,19,28-34H2,1-6H3,(H,65,72);;. The first-order valence-electron chi connectivity index (χ1n) is 25.7. The maximum atomic E-state index is 13.5. The number of ether oxygens (including phenoxy) is 4. The van der Waals surface area contributed by atoms with Crippen molar-refractivity contribution < 1.29 is 75.3 Å². The second-order valence-electron chi connectivity index (χ2n) is 17.9. The molecule has 1 aliphatic carbocycles. The largest absolute Gasteiger partial charge is 0.471 e. The van der Waals surface area contributed by atoms with Crippen LogP contribution in [0.4, 0.5) is 18.9 Å². The number of halogens is 5. The minimum Gasteiger partial charge on any atom is -0.466 e. The third kappa shape index (κ3) is 19.7. The van der Waals surface area contributed by atoms with Gasteiger partial charge in [-0.05, 0) is 130 Å². The fourth-order valence-electron chi connectivity index (χ4n) is 9.06. The second kappa shape index (κ2) is 32.6. The normalized spacial score (nSPS) is 11.6. The van der Waals surface area contributed by atoms with Crippen molar-refractivity contribution in [3.8, 4) is 23.0 Å². The summed E-state index contributed by atoms with van der Waals surface area (Å²) in [5, 5.41) is 1.90. The molecule has 1 amide bonds. The first-order valence-corrected chi connectivity index (χ1v) is 27.3. The van der Waals surface area contributed by atoms with Crippen molar-refractivity contribution in [2.75, 3.05) is 44.8 Å². The predicted octanol–water partition coefficient (Wildman–Crippen LogP) is 9.02. The quantitative estimate of drug-likeness (QED) is 0.0364. The van der Waals surface area contributed by atoms with Crippen molar-refractivity contribution in [2.24, 2.45) is 0 Å². The number of benzene rings is 2. The topological polar surface area (TPSA) is 248 Å². The number of nitrogens with zero attached hydrogens (tertiary/aromatic N) is 5. The van der Waals surface area contributed by atoms with E-state index in [1.807, 2.05) is 54.4 Å². The molecule has 82 heavy (non-hydrogen) atoms. The molecule has 0 spiro atoms. The van der Waals surface area contributed by atoms with E-state index in [2.05, 4.69) is 53.6 Å². The number of amides is 1. The lowest BCUT2D eigenvalue weighted by Crippen LogP contribution is -2.34. The van der Waals surface area contributed by atoms with Gasteiger partial charge >= 0.3 is 48.3 Å². The highest BCUT2D eigenvalue weighted by Crippen LogP contribution is 2.54. The zero-order valence-corrected chi connectivity index (χ0v) is 48.9. The zero-order chi connectivity index (χ0) is 60.6. The van der Waals surface area contributed by atoms with Crippen LogP contribution in [0.5, 0.6) is 0 Å². The molecular formula is C58H59Br2F3N6O13. The van der Waals surface area contributed by atoms with Gasteiger partial charge in [0.25, 0.3) is 0 Å². The number of aromatic nitrogens is 3. The maximum Gasteiger partial charge on any atom is 0.471 e. The number of pyridine rings is 3. The summed E-state index contributed by atoms with van der Waals surface area (Å²) in [4.78, 5) is 116. The Morgan fingerprint density at radius 3 is 1.57 bits per heavy atom. The molecule has 5 aromatic rings. The average Bonchev–Trinajstić information content (AvgIpc) is 3.92. The number of anilines is 1. The monoisotopic (exact) mass is 1260 g/mol. The van der Waals surface area contributed by atoms with Crippen LogP contribution in [-0.2, 0) is 95.3 Å². The summed E-state index contributed by atoms with van der Waals surface area (Å²) in [6, 6.07) is 20.5. The molecule has 0 fully saturated rings. The Kier molecular flexibility index (Phi) is 26.5. The summed E-state index contributed by atoms with van der Waals surface area (Å²) >= 11 is 7.12. The van der Waals surface area contributed by atoms with Crippen LogP contribution in [0.1, 0.15) is 122 Å². The molecule has 6 rings (SSSR count). The predicted molar refractivity (Wildman–Crippen MR) is 294 cm³/mol. The molecule has 24 heteroatoms. The fourth-order valence-corrected chi connectivity index (χ4v) is 10.1. The Morgan fingerprint density at radius 1 is 0.573 bits per heavy atom. The van der Waals surface area contributed by atoms with Gasteiger partial charge in [-0.15, -0.1) is 0 Å². The number of rotatable bonds is 23. The minimum atomic E-state index is -5.18. The van der Waals surface area contributed by atoms with Gasteiger partial charge in [0.2, 0.25) is 0 Å². The number of fused-ring (bicyclic) bond motifs is 3. The molecule has 0 aliphatic heterocycles. The number of carbonyl (C=O) groups is 5. The number of hydrogen-bond acceptors (Lipinski definition) is 18. The molecule has 2 aromatic carbocycles. The molecule has 434 valence electrons. The SMILES string of the molecule is CCCN(Cc1cc(C#Cc2ccc3c(c2)C(CC(=O)OCC)(CC(=O)OCC)c2cc(NC(=O)C(F)(F)F)ccc2-3)cc(CN(CC(=O)OCC)Cc2cc(Br)cc(CC)n2)n1)Cc1cc(Br)cc(C(=O)OCC)n1.O=C=O.O=C=O. The van der Waals surface area contributed by atoms with Crippen molar-refractivity contribution in [3.05, 3.63) is 138 Å². The van der Waals surface area contributed by atoms with E-state index in [4.69, 9.17) is 48.1 Å². The maximum absolute atomic E-state index is 13.5. The van der Waals surface area contributed by atoms with Crippen LogP contribution in [0.15, 0.2) is 81.7 Å². The molecule has 0 unspecified atom stereocenters. The molecule has 0 radical (unpaired) electrons. The van der Waals surface area contributed by atoms with E-state index in [0.717, 1.165) is 22.3 Å². The number of carbonyl (C=O) groups excluding carboxylic acids is 9. The van der Waals surface area contributed by atoms with Crippen molar-refractivity contribution in [3.63, 3.8) is 0 Å². The van der Waals surface area contributed by atoms with Crippen molar-refractivity contribution in [1.29, 1.82) is 0 Å². The van der Waals surface area contributed by atoms with Crippen LogP contribution >= 0.6 is 31.9 Å². The lowest BCUT2D eigenvalue weighted by atomic mass is 9.72. The summed E-state index contributed by atoms with van der Waals surface area (Å²) in [7, 11) is 0. The Hall–Kier alpha value is -7.77. The van der Waals surface area contributed by atoms with E-state index in [-0.39, 0.29) is 69.7 Å². The van der Waals surface area contributed by atoms with Crippen LogP contribution in [-0.4, -0.2) is 113 Å². The molecule has 0 bridgehead atoms. The number of nitrogens with one attached hydrogen (secondary N) is 1. The van der Waals surface area contributed by atoms with Crippen molar-refractivity contribution in [1.82, 2.24) is 24.8 Å². The summed E-state index contributed by atoms with van der Waals surface area (Å²) in [5.74, 6) is 2.07. The third-order valence-electron chi connectivity index (χ3n) is 12.0. The molecule has 0 atom stereocenters. The lowest BCUT2D eigenvalue weighted by Gasteiger charge is -2.30. The van der Waals surface area contributed by atoms with Gasteiger partial charge in [-0.3, -0.25) is 38.9 Å². The molecule has 0 saturated carbocycles. The number of aryl methyl sites for hydroxylation is 1. The highest BCUT2D eigenvalue weighted by molar-refractivity contribution is 9.10. The van der Waals surface area contributed by atoms with Gasteiger partial charge in [-0.2, -0.15) is 32.3 Å². The molecule has 1 aliphatic rings. The van der Waals surface area contributed by atoms with Gasteiger partial charge in [0.15, 0.2) is 0 Å². The Morgan fingerprint density at radius 2 is 1.04 bits per heavy atom. The molecule has 3 aromatic heterocycles. The molecule has 0 saturated heterocycles. The van der Waals surface area contributed by atoms with E-state index >= 15 is 0 Å². The zero-order valence-electron chi connectivity index (χ0n) is 45.8. The van der Waals surface area contributed by atoms with E-state index in [9.17, 15) is 37.1 Å². The van der Waals surface area contributed by atoms with Gasteiger partial charge in [-0.1, -0.05) is 69.7 Å². The van der Waals surface area contributed by atoms with Crippen LogP contribution in [0.2, 0.25) is 0 Å². The lowest BCUT2D eigenvalue weighted by molar-refractivity contribution is -0.193. The van der Waals surface area contributed by atoms with E-state index in [1.165, 1.54) is 18.2 Å². The van der Waals surface area contributed by atoms with Crippen molar-refractivity contribution >= 4 is 79.6 Å². The third-order valence-corrected chi connectivity index (χ3v) is 12.9. The number of esters is 4. The number of alkyl halides is 3. The smallest absolute Gasteiger partial charge is 0.466 e. The van der Waals surface area contributed by atoms with Gasteiger partial charge in [-0.25, -0.2) is 9.78 Å². The Bertz CT molecular complexity index is 3200. The van der Waals surface area contributed by atoms with Crippen LogP contribution in [0, 0.1) is 11.8 Å². The molecule has 19 nitrogen and oxygen atoms in total. The van der Waals surface area contributed by atoms with Crippen LogP contribution in [0.3, 0.4) is 0 Å². The van der Waals surface area contributed by atoms with E-state index in [1.54, 1.807) is 52.0 Å². The van der Waals surface area contributed by atoms with E-state index < -0.39 is 54.2 Å². The molecular weight excluding hydrogens is 1210 g/mol.